The van der Waals surface area contributed by atoms with Crippen LogP contribution in [0.1, 0.15) is 54.9 Å². The second-order valence-electron chi connectivity index (χ2n) is 7.99. The van der Waals surface area contributed by atoms with E-state index in [0.29, 0.717) is 5.92 Å². The van der Waals surface area contributed by atoms with Crippen LogP contribution < -0.4 is 11.3 Å². The third-order valence-corrected chi connectivity index (χ3v) is 4.20. The summed E-state index contributed by atoms with van der Waals surface area (Å²) in [5.41, 5.74) is 2.69. The average molecular weight is 272 g/mol. The SMILES string of the molecule is COC(C(NN)C1CC(C)(C)OC1(C)C)C(C)(C)C. The van der Waals surface area contributed by atoms with E-state index < -0.39 is 0 Å². The van der Waals surface area contributed by atoms with Crippen molar-refractivity contribution in [3.8, 4) is 0 Å². The highest BCUT2D eigenvalue weighted by molar-refractivity contribution is 5.03. The Balaban J connectivity index is 3.03. The Bertz CT molecular complexity index is 308. The summed E-state index contributed by atoms with van der Waals surface area (Å²) >= 11 is 0. The Morgan fingerprint density at radius 3 is 2.05 bits per heavy atom. The molecular weight excluding hydrogens is 240 g/mol. The van der Waals surface area contributed by atoms with Crippen molar-refractivity contribution in [3.05, 3.63) is 0 Å². The van der Waals surface area contributed by atoms with Crippen LogP contribution in [-0.2, 0) is 9.47 Å². The van der Waals surface area contributed by atoms with Crippen molar-refractivity contribution in [2.24, 2.45) is 17.2 Å². The van der Waals surface area contributed by atoms with E-state index in [0.717, 1.165) is 6.42 Å². The molecule has 0 bridgehead atoms. The molecule has 1 rings (SSSR count). The Morgan fingerprint density at radius 2 is 1.79 bits per heavy atom. The molecule has 0 aromatic carbocycles. The highest BCUT2D eigenvalue weighted by atomic mass is 16.5. The van der Waals surface area contributed by atoms with E-state index in [1.54, 1.807) is 7.11 Å². The molecule has 0 aromatic heterocycles. The number of rotatable bonds is 4. The van der Waals surface area contributed by atoms with E-state index in [1.807, 2.05) is 0 Å². The van der Waals surface area contributed by atoms with E-state index in [2.05, 4.69) is 53.9 Å². The van der Waals surface area contributed by atoms with Gasteiger partial charge >= 0.3 is 0 Å². The maximum atomic E-state index is 6.19. The lowest BCUT2D eigenvalue weighted by atomic mass is 9.73. The maximum Gasteiger partial charge on any atom is 0.0789 e. The van der Waals surface area contributed by atoms with Crippen LogP contribution in [0.3, 0.4) is 0 Å². The zero-order valence-electron chi connectivity index (χ0n) is 13.8. The smallest absolute Gasteiger partial charge is 0.0789 e. The van der Waals surface area contributed by atoms with Gasteiger partial charge in [-0.15, -0.1) is 0 Å². The van der Waals surface area contributed by atoms with E-state index in [9.17, 15) is 0 Å². The predicted octanol–water partition coefficient (Wildman–Crippen LogP) is 2.47. The fourth-order valence-corrected chi connectivity index (χ4v) is 3.62. The molecule has 3 N–H and O–H groups in total. The number of ether oxygens (including phenoxy) is 2. The van der Waals surface area contributed by atoms with Crippen molar-refractivity contribution in [2.45, 2.75) is 78.2 Å². The molecule has 0 amide bonds. The number of nitrogens with one attached hydrogen (secondary N) is 1. The third-order valence-electron chi connectivity index (χ3n) is 4.20. The fourth-order valence-electron chi connectivity index (χ4n) is 3.62. The van der Waals surface area contributed by atoms with Crippen LogP contribution in [0, 0.1) is 11.3 Å². The molecule has 3 unspecified atom stereocenters. The zero-order valence-corrected chi connectivity index (χ0v) is 13.8. The van der Waals surface area contributed by atoms with E-state index in [-0.39, 0.29) is 28.8 Å². The molecule has 0 radical (unpaired) electrons. The normalized spacial score (nSPS) is 29.2. The molecule has 0 aliphatic carbocycles. The first-order chi connectivity index (χ1) is 8.44. The van der Waals surface area contributed by atoms with Gasteiger partial charge in [0.05, 0.1) is 23.3 Å². The lowest BCUT2D eigenvalue weighted by molar-refractivity contribution is -0.0925. The molecule has 0 saturated carbocycles. The van der Waals surface area contributed by atoms with Gasteiger partial charge in [0.25, 0.3) is 0 Å². The molecule has 0 spiro atoms. The molecule has 19 heavy (non-hydrogen) atoms. The van der Waals surface area contributed by atoms with Gasteiger partial charge < -0.3 is 9.47 Å². The largest absolute Gasteiger partial charge is 0.379 e. The highest BCUT2D eigenvalue weighted by Crippen LogP contribution is 2.45. The summed E-state index contributed by atoms with van der Waals surface area (Å²) in [6.07, 6.45) is 1.02. The van der Waals surface area contributed by atoms with Gasteiger partial charge in [0.15, 0.2) is 0 Å². The van der Waals surface area contributed by atoms with Crippen LogP contribution in [0.15, 0.2) is 0 Å². The molecule has 3 atom stereocenters. The minimum atomic E-state index is -0.206. The van der Waals surface area contributed by atoms with Crippen molar-refractivity contribution < 1.29 is 9.47 Å². The third kappa shape index (κ3) is 3.69. The van der Waals surface area contributed by atoms with Crippen molar-refractivity contribution in [1.82, 2.24) is 5.43 Å². The summed E-state index contributed by atoms with van der Waals surface area (Å²) in [7, 11) is 1.76. The Kier molecular flexibility index (Phi) is 4.73. The standard InChI is InChI=1S/C15H32N2O2/c1-13(2,3)12(18-8)11(17-16)10-9-14(4,5)19-15(10,6)7/h10-12,17H,9,16H2,1-8H3. The number of hydrazine groups is 1. The topological polar surface area (TPSA) is 56.5 Å². The summed E-state index contributed by atoms with van der Waals surface area (Å²) in [5, 5.41) is 0. The molecule has 4 heteroatoms. The van der Waals surface area contributed by atoms with Crippen molar-refractivity contribution in [3.63, 3.8) is 0 Å². The van der Waals surface area contributed by atoms with Crippen LogP contribution in [0.5, 0.6) is 0 Å². The Morgan fingerprint density at radius 1 is 1.26 bits per heavy atom. The van der Waals surface area contributed by atoms with Gasteiger partial charge in [-0.3, -0.25) is 11.3 Å². The number of methoxy groups -OCH3 is 1. The number of hydrogen-bond acceptors (Lipinski definition) is 4. The summed E-state index contributed by atoms with van der Waals surface area (Å²) in [4.78, 5) is 0. The summed E-state index contributed by atoms with van der Waals surface area (Å²) < 4.78 is 11.9. The van der Waals surface area contributed by atoms with Gasteiger partial charge in [-0.25, -0.2) is 0 Å². The van der Waals surface area contributed by atoms with Gasteiger partial charge in [0.1, 0.15) is 0 Å². The van der Waals surface area contributed by atoms with Crippen molar-refractivity contribution in [2.75, 3.05) is 7.11 Å². The summed E-state index contributed by atoms with van der Waals surface area (Å²) in [6.45, 7) is 15.1. The second-order valence-corrected chi connectivity index (χ2v) is 7.99. The maximum absolute atomic E-state index is 6.19. The van der Waals surface area contributed by atoms with E-state index >= 15 is 0 Å². The van der Waals surface area contributed by atoms with Gasteiger partial charge in [0, 0.05) is 13.0 Å². The molecule has 1 aliphatic rings. The van der Waals surface area contributed by atoms with Crippen LogP contribution in [0.2, 0.25) is 0 Å². The molecular formula is C15H32N2O2. The predicted molar refractivity (Wildman–Crippen MR) is 78.7 cm³/mol. The first-order valence-electron chi connectivity index (χ1n) is 7.14. The molecule has 114 valence electrons. The first kappa shape index (κ1) is 16.9. The van der Waals surface area contributed by atoms with E-state index in [4.69, 9.17) is 15.3 Å². The van der Waals surface area contributed by atoms with Crippen LogP contribution >= 0.6 is 0 Å². The first-order valence-corrected chi connectivity index (χ1v) is 7.14. The summed E-state index contributed by atoms with van der Waals surface area (Å²) in [5.74, 6) is 6.17. The molecule has 0 aromatic rings. The quantitative estimate of drug-likeness (QED) is 0.610. The van der Waals surface area contributed by atoms with Crippen molar-refractivity contribution >= 4 is 0 Å². The van der Waals surface area contributed by atoms with Crippen LogP contribution in [-0.4, -0.2) is 30.5 Å². The lowest BCUT2D eigenvalue weighted by Gasteiger charge is -2.41. The lowest BCUT2D eigenvalue weighted by Crippen LogP contribution is -2.57. The monoisotopic (exact) mass is 272 g/mol. The molecule has 1 heterocycles. The Labute approximate surface area is 118 Å². The zero-order chi connectivity index (χ0) is 15.1. The minimum Gasteiger partial charge on any atom is -0.379 e. The van der Waals surface area contributed by atoms with Crippen LogP contribution in [0.4, 0.5) is 0 Å². The number of hydrogen-bond donors (Lipinski definition) is 2. The van der Waals surface area contributed by atoms with E-state index in [1.165, 1.54) is 0 Å². The van der Waals surface area contributed by atoms with Crippen LogP contribution in [0.25, 0.3) is 0 Å². The highest BCUT2D eigenvalue weighted by Gasteiger charge is 2.52. The Hall–Kier alpha value is -0.160. The summed E-state index contributed by atoms with van der Waals surface area (Å²) in [6, 6.07) is 0.0711. The minimum absolute atomic E-state index is 0.0224. The van der Waals surface area contributed by atoms with Gasteiger partial charge in [0.2, 0.25) is 0 Å². The van der Waals surface area contributed by atoms with Gasteiger partial charge in [-0.2, -0.15) is 0 Å². The average Bonchev–Trinajstić information content (AvgIpc) is 2.40. The molecule has 4 nitrogen and oxygen atoms in total. The van der Waals surface area contributed by atoms with Gasteiger partial charge in [-0.05, 0) is 39.5 Å². The van der Waals surface area contributed by atoms with Crippen molar-refractivity contribution in [1.29, 1.82) is 0 Å². The molecule has 1 aliphatic heterocycles. The molecule has 1 fully saturated rings. The second kappa shape index (κ2) is 5.32. The number of nitrogens with two attached hydrogens (primary N) is 1. The van der Waals surface area contributed by atoms with Gasteiger partial charge in [-0.1, -0.05) is 20.8 Å². The molecule has 1 saturated heterocycles. The fraction of sp³-hybridized carbons (Fsp3) is 1.00.